The Bertz CT molecular complexity index is 1440. The quantitative estimate of drug-likeness (QED) is 0.239. The summed E-state index contributed by atoms with van der Waals surface area (Å²) in [5, 5.41) is 14.2. The van der Waals surface area contributed by atoms with Crippen molar-refractivity contribution in [3.63, 3.8) is 0 Å². The highest BCUT2D eigenvalue weighted by atomic mass is 32.2. The second-order valence-electron chi connectivity index (χ2n) is 7.95. The molecule has 0 fully saturated rings. The molecule has 0 spiro atoms. The van der Waals surface area contributed by atoms with Gasteiger partial charge in [-0.2, -0.15) is 5.10 Å². The van der Waals surface area contributed by atoms with Gasteiger partial charge in [-0.15, -0.1) is 0 Å². The van der Waals surface area contributed by atoms with Crippen molar-refractivity contribution in [1.82, 2.24) is 20.1 Å². The maximum atomic E-state index is 12.1. The van der Waals surface area contributed by atoms with Crippen molar-refractivity contribution in [2.24, 2.45) is 7.05 Å². The number of benzene rings is 2. The molecule has 0 saturated heterocycles. The Kier molecular flexibility index (Phi) is 6.96. The lowest BCUT2D eigenvalue weighted by atomic mass is 10.1. The van der Waals surface area contributed by atoms with E-state index in [4.69, 9.17) is 0 Å². The number of fused-ring (bicyclic) bond motifs is 1. The standard InChI is InChI=1S/C23H26N6O3S2/c1-15-11-21(29(2)28-15)27-22(30)9-10-24-14-25-23-26-19-8-7-17(13-20(19)33-23)16-5-4-6-18(12-16)34(3,31)32/h4-8,11-13,24H,9-10,14H2,1-3H3,(H,25,26)(H,27,30). The molecule has 0 aliphatic rings. The number of carbonyl (C=O) groups excluding carboxylic acids is 1. The number of aryl methyl sites for hydroxylation is 2. The van der Waals surface area contributed by atoms with Crippen molar-refractivity contribution in [2.45, 2.75) is 18.2 Å². The van der Waals surface area contributed by atoms with Gasteiger partial charge >= 0.3 is 0 Å². The lowest BCUT2D eigenvalue weighted by Gasteiger charge is -2.07. The minimum Gasteiger partial charge on any atom is -0.349 e. The van der Waals surface area contributed by atoms with Crippen molar-refractivity contribution in [3.8, 4) is 11.1 Å². The molecule has 34 heavy (non-hydrogen) atoms. The number of carbonyl (C=O) groups is 1. The van der Waals surface area contributed by atoms with Gasteiger partial charge in [-0.25, -0.2) is 13.4 Å². The second-order valence-corrected chi connectivity index (χ2v) is 11.0. The summed E-state index contributed by atoms with van der Waals surface area (Å²) in [7, 11) is -1.47. The smallest absolute Gasteiger partial charge is 0.226 e. The molecule has 178 valence electrons. The molecule has 2 heterocycles. The number of amides is 1. The van der Waals surface area contributed by atoms with Crippen LogP contribution in [0.4, 0.5) is 10.9 Å². The van der Waals surface area contributed by atoms with Crippen LogP contribution >= 0.6 is 11.3 Å². The zero-order valence-electron chi connectivity index (χ0n) is 19.1. The maximum absolute atomic E-state index is 12.1. The van der Waals surface area contributed by atoms with E-state index >= 15 is 0 Å². The van der Waals surface area contributed by atoms with Gasteiger partial charge in [-0.3, -0.25) is 14.8 Å². The fourth-order valence-corrected chi connectivity index (χ4v) is 5.02. The van der Waals surface area contributed by atoms with Crippen LogP contribution in [-0.2, 0) is 21.7 Å². The number of sulfone groups is 1. The van der Waals surface area contributed by atoms with E-state index < -0.39 is 9.84 Å². The summed E-state index contributed by atoms with van der Waals surface area (Å²) in [5.74, 6) is 0.598. The lowest BCUT2D eigenvalue weighted by molar-refractivity contribution is -0.116. The fraction of sp³-hybridized carbons (Fsp3) is 0.261. The molecule has 0 aliphatic heterocycles. The third-order valence-electron chi connectivity index (χ3n) is 5.15. The average Bonchev–Trinajstić information content (AvgIpc) is 3.33. The molecular weight excluding hydrogens is 472 g/mol. The first-order valence-corrected chi connectivity index (χ1v) is 13.4. The molecule has 0 atom stereocenters. The van der Waals surface area contributed by atoms with E-state index in [-0.39, 0.29) is 5.91 Å². The number of hydrogen-bond acceptors (Lipinski definition) is 8. The van der Waals surface area contributed by atoms with E-state index in [2.05, 4.69) is 26.0 Å². The summed E-state index contributed by atoms with van der Waals surface area (Å²) < 4.78 is 26.4. The van der Waals surface area contributed by atoms with Crippen molar-refractivity contribution < 1.29 is 13.2 Å². The molecule has 0 aliphatic carbocycles. The predicted molar refractivity (Wildman–Crippen MR) is 136 cm³/mol. The highest BCUT2D eigenvalue weighted by Crippen LogP contribution is 2.31. The Morgan fingerprint density at radius 2 is 1.91 bits per heavy atom. The summed E-state index contributed by atoms with van der Waals surface area (Å²) in [6, 6.07) is 14.6. The summed E-state index contributed by atoms with van der Waals surface area (Å²) in [6.07, 6.45) is 1.54. The number of hydrogen-bond donors (Lipinski definition) is 3. The summed E-state index contributed by atoms with van der Waals surface area (Å²) in [6.45, 7) is 2.87. The van der Waals surface area contributed by atoms with Crippen LogP contribution in [0.3, 0.4) is 0 Å². The Morgan fingerprint density at radius 1 is 1.12 bits per heavy atom. The van der Waals surface area contributed by atoms with Crippen molar-refractivity contribution >= 4 is 48.2 Å². The van der Waals surface area contributed by atoms with Crippen LogP contribution in [0, 0.1) is 6.92 Å². The molecule has 0 unspecified atom stereocenters. The Hall–Kier alpha value is -3.28. The normalized spacial score (nSPS) is 11.6. The lowest BCUT2D eigenvalue weighted by Crippen LogP contribution is -2.26. The van der Waals surface area contributed by atoms with E-state index in [0.717, 1.165) is 32.2 Å². The van der Waals surface area contributed by atoms with E-state index in [1.54, 1.807) is 29.9 Å². The van der Waals surface area contributed by atoms with Gasteiger partial charge < -0.3 is 10.6 Å². The van der Waals surface area contributed by atoms with Crippen LogP contribution in [0.2, 0.25) is 0 Å². The van der Waals surface area contributed by atoms with Gasteiger partial charge in [-0.05, 0) is 42.3 Å². The summed E-state index contributed by atoms with van der Waals surface area (Å²) in [4.78, 5) is 17.0. The highest BCUT2D eigenvalue weighted by molar-refractivity contribution is 7.90. The molecule has 2 aromatic carbocycles. The van der Waals surface area contributed by atoms with Gasteiger partial charge in [0.1, 0.15) is 5.82 Å². The molecule has 1 amide bonds. The van der Waals surface area contributed by atoms with E-state index in [9.17, 15) is 13.2 Å². The van der Waals surface area contributed by atoms with Gasteiger partial charge in [0.15, 0.2) is 15.0 Å². The number of aromatic nitrogens is 3. The van der Waals surface area contributed by atoms with Gasteiger partial charge in [0.05, 0.1) is 27.5 Å². The first-order valence-electron chi connectivity index (χ1n) is 10.7. The van der Waals surface area contributed by atoms with Gasteiger partial charge in [0, 0.05) is 32.3 Å². The molecule has 0 saturated carbocycles. The number of anilines is 2. The Morgan fingerprint density at radius 3 is 2.65 bits per heavy atom. The molecular formula is C23H26N6O3S2. The largest absolute Gasteiger partial charge is 0.349 e. The SMILES string of the molecule is Cc1cc(NC(=O)CCNCNc2nc3ccc(-c4cccc(S(C)(=O)=O)c4)cc3s2)n(C)n1. The minimum absolute atomic E-state index is 0.0806. The number of rotatable bonds is 9. The number of nitrogens with zero attached hydrogens (tertiary/aromatic N) is 3. The first kappa shape index (κ1) is 23.9. The maximum Gasteiger partial charge on any atom is 0.226 e. The molecule has 11 heteroatoms. The van der Waals surface area contributed by atoms with E-state index in [1.165, 1.54) is 17.6 Å². The van der Waals surface area contributed by atoms with Crippen LogP contribution < -0.4 is 16.0 Å². The summed E-state index contributed by atoms with van der Waals surface area (Å²) in [5.41, 5.74) is 3.49. The van der Waals surface area contributed by atoms with Gasteiger partial charge in [-0.1, -0.05) is 29.5 Å². The average molecular weight is 499 g/mol. The highest BCUT2D eigenvalue weighted by Gasteiger charge is 2.10. The third kappa shape index (κ3) is 5.79. The molecule has 0 bridgehead atoms. The van der Waals surface area contributed by atoms with Gasteiger partial charge in [0.25, 0.3) is 0 Å². The third-order valence-corrected chi connectivity index (χ3v) is 7.23. The molecule has 9 nitrogen and oxygen atoms in total. The zero-order chi connectivity index (χ0) is 24.3. The number of thiazole rings is 1. The van der Waals surface area contributed by atoms with E-state index in [1.807, 2.05) is 37.3 Å². The molecule has 4 rings (SSSR count). The minimum atomic E-state index is -3.26. The van der Waals surface area contributed by atoms with Crippen LogP contribution in [0.25, 0.3) is 21.3 Å². The monoisotopic (exact) mass is 498 g/mol. The van der Waals surface area contributed by atoms with Crippen LogP contribution in [0.5, 0.6) is 0 Å². The van der Waals surface area contributed by atoms with Crippen LogP contribution in [0.15, 0.2) is 53.4 Å². The van der Waals surface area contributed by atoms with E-state index in [0.29, 0.717) is 30.3 Å². The van der Waals surface area contributed by atoms with Crippen LogP contribution in [0.1, 0.15) is 12.1 Å². The Balaban J connectivity index is 1.31. The fourth-order valence-electron chi connectivity index (χ4n) is 3.45. The number of nitrogens with one attached hydrogen (secondary N) is 3. The van der Waals surface area contributed by atoms with Crippen molar-refractivity contribution in [1.29, 1.82) is 0 Å². The molecule has 3 N–H and O–H groups in total. The molecule has 0 radical (unpaired) electrons. The zero-order valence-corrected chi connectivity index (χ0v) is 20.8. The van der Waals surface area contributed by atoms with Gasteiger partial charge in [0.2, 0.25) is 5.91 Å². The molecule has 2 aromatic heterocycles. The van der Waals surface area contributed by atoms with Crippen molar-refractivity contribution in [3.05, 3.63) is 54.2 Å². The molecule has 4 aromatic rings. The topological polar surface area (TPSA) is 118 Å². The summed E-state index contributed by atoms with van der Waals surface area (Å²) >= 11 is 1.52. The second kappa shape index (κ2) is 9.92. The Labute approximate surface area is 202 Å². The predicted octanol–water partition coefficient (Wildman–Crippen LogP) is 3.40. The van der Waals surface area contributed by atoms with Crippen LogP contribution in [-0.4, -0.2) is 48.6 Å². The first-order chi connectivity index (χ1) is 16.2. The van der Waals surface area contributed by atoms with Crippen molar-refractivity contribution in [2.75, 3.05) is 30.1 Å².